The molecule has 3 N–H and O–H groups in total. The number of aliphatic carboxylic acids is 1. The highest BCUT2D eigenvalue weighted by atomic mass is 19.4. The number of rotatable bonds is 5. The molecule has 0 rings (SSSR count). The molecule has 0 radical (unpaired) electrons. The van der Waals surface area contributed by atoms with E-state index >= 15 is 0 Å². The number of carboxylic acids is 1. The first-order valence-corrected chi connectivity index (χ1v) is 5.01. The van der Waals surface area contributed by atoms with Gasteiger partial charge in [-0.2, -0.15) is 13.2 Å². The van der Waals surface area contributed by atoms with Crippen LogP contribution >= 0.6 is 0 Å². The van der Waals surface area contributed by atoms with E-state index in [1.165, 1.54) is 5.32 Å². The summed E-state index contributed by atoms with van der Waals surface area (Å²) in [5.41, 5.74) is -3.31. The first kappa shape index (κ1) is 16.5. The smallest absolute Gasteiger partial charge is 0.422 e. The summed E-state index contributed by atoms with van der Waals surface area (Å²) >= 11 is 0. The first-order chi connectivity index (χ1) is 8.00. The standard InChI is InChI=1S/C9H16F3N3O3/c1-8(6(16)17,9(10,11)12)14-7(18)13-4-5-15(2)3/h4-5H2,1-3H3,(H,16,17)(H2,13,14,18). The number of carbonyl (C=O) groups is 2. The third kappa shape index (κ3) is 4.40. The topological polar surface area (TPSA) is 81.7 Å². The molecule has 0 saturated carbocycles. The average molecular weight is 271 g/mol. The maximum Gasteiger partial charge on any atom is 0.422 e. The van der Waals surface area contributed by atoms with Crippen LogP contribution < -0.4 is 10.6 Å². The minimum Gasteiger partial charge on any atom is -0.479 e. The van der Waals surface area contributed by atoms with E-state index in [2.05, 4.69) is 5.32 Å². The molecule has 0 spiro atoms. The third-order valence-corrected chi connectivity index (χ3v) is 2.20. The predicted octanol–water partition coefficient (Wildman–Crippen LogP) is 0.253. The third-order valence-electron chi connectivity index (χ3n) is 2.20. The molecule has 18 heavy (non-hydrogen) atoms. The Bertz CT molecular complexity index is 320. The van der Waals surface area contributed by atoms with Gasteiger partial charge in [0.05, 0.1) is 0 Å². The maximum absolute atomic E-state index is 12.5. The summed E-state index contributed by atoms with van der Waals surface area (Å²) in [4.78, 5) is 23.5. The molecule has 1 atom stereocenters. The lowest BCUT2D eigenvalue weighted by Crippen LogP contribution is -2.63. The summed E-state index contributed by atoms with van der Waals surface area (Å²) in [6, 6.07) is -1.18. The van der Waals surface area contributed by atoms with Crippen LogP contribution in [0.1, 0.15) is 6.92 Å². The largest absolute Gasteiger partial charge is 0.479 e. The zero-order valence-corrected chi connectivity index (χ0v) is 10.3. The molecule has 9 heteroatoms. The van der Waals surface area contributed by atoms with Gasteiger partial charge < -0.3 is 20.6 Å². The molecule has 0 aromatic heterocycles. The molecule has 0 aromatic rings. The van der Waals surface area contributed by atoms with Crippen LogP contribution in [0.4, 0.5) is 18.0 Å². The van der Waals surface area contributed by atoms with E-state index in [-0.39, 0.29) is 6.54 Å². The molecule has 0 aliphatic heterocycles. The summed E-state index contributed by atoms with van der Waals surface area (Å²) in [5.74, 6) is -2.17. The predicted molar refractivity (Wildman–Crippen MR) is 57.2 cm³/mol. The Kier molecular flexibility index (Phi) is 5.40. The van der Waals surface area contributed by atoms with E-state index in [9.17, 15) is 22.8 Å². The van der Waals surface area contributed by atoms with E-state index in [0.717, 1.165) is 0 Å². The van der Waals surface area contributed by atoms with Gasteiger partial charge in [0, 0.05) is 13.1 Å². The van der Waals surface area contributed by atoms with E-state index in [0.29, 0.717) is 13.5 Å². The Balaban J connectivity index is 4.53. The number of amides is 2. The number of halogens is 3. The number of hydrogen-bond donors (Lipinski definition) is 3. The van der Waals surface area contributed by atoms with E-state index in [1.807, 2.05) is 0 Å². The second kappa shape index (κ2) is 5.89. The molecule has 106 valence electrons. The fraction of sp³-hybridized carbons (Fsp3) is 0.778. The highest BCUT2D eigenvalue weighted by molar-refractivity contribution is 5.86. The summed E-state index contributed by atoms with van der Waals surface area (Å²) in [7, 11) is 3.44. The number of alkyl halides is 3. The van der Waals surface area contributed by atoms with Crippen molar-refractivity contribution in [1.82, 2.24) is 15.5 Å². The number of carbonyl (C=O) groups excluding carboxylic acids is 1. The molecule has 6 nitrogen and oxygen atoms in total. The maximum atomic E-state index is 12.5. The summed E-state index contributed by atoms with van der Waals surface area (Å²) in [5, 5.41) is 12.1. The van der Waals surface area contributed by atoms with Gasteiger partial charge >= 0.3 is 18.2 Å². The molecule has 0 fully saturated rings. The van der Waals surface area contributed by atoms with Crippen LogP contribution in [0.2, 0.25) is 0 Å². The van der Waals surface area contributed by atoms with Gasteiger partial charge in [0.15, 0.2) is 0 Å². The monoisotopic (exact) mass is 271 g/mol. The van der Waals surface area contributed by atoms with Crippen molar-refractivity contribution in [3.63, 3.8) is 0 Å². The van der Waals surface area contributed by atoms with Crippen molar-refractivity contribution >= 4 is 12.0 Å². The van der Waals surface area contributed by atoms with Gasteiger partial charge in [0.2, 0.25) is 5.54 Å². The minimum atomic E-state index is -5.09. The summed E-state index contributed by atoms with van der Waals surface area (Å²) in [6.45, 7) is 0.913. The normalized spacial score (nSPS) is 15.1. The van der Waals surface area contributed by atoms with Crippen molar-refractivity contribution in [2.24, 2.45) is 0 Å². The van der Waals surface area contributed by atoms with Gasteiger partial charge in [-0.15, -0.1) is 0 Å². The second-order valence-corrected chi connectivity index (χ2v) is 4.11. The van der Waals surface area contributed by atoms with E-state index < -0.39 is 23.7 Å². The van der Waals surface area contributed by atoms with E-state index in [4.69, 9.17) is 5.11 Å². The Morgan fingerprint density at radius 2 is 1.78 bits per heavy atom. The Labute approximate surface area is 102 Å². The van der Waals surface area contributed by atoms with Crippen LogP contribution in [0.25, 0.3) is 0 Å². The number of hydrogen-bond acceptors (Lipinski definition) is 3. The van der Waals surface area contributed by atoms with Crippen molar-refractivity contribution in [3.8, 4) is 0 Å². The zero-order chi connectivity index (χ0) is 14.6. The summed E-state index contributed by atoms with van der Waals surface area (Å²) in [6.07, 6.45) is -5.09. The lowest BCUT2D eigenvalue weighted by molar-refractivity contribution is -0.203. The molecule has 0 bridgehead atoms. The number of nitrogens with one attached hydrogen (secondary N) is 2. The van der Waals surface area contributed by atoms with Crippen molar-refractivity contribution in [1.29, 1.82) is 0 Å². The Hall–Kier alpha value is -1.51. The van der Waals surface area contributed by atoms with Gasteiger partial charge in [-0.25, -0.2) is 9.59 Å². The quantitative estimate of drug-likeness (QED) is 0.669. The van der Waals surface area contributed by atoms with E-state index in [1.54, 1.807) is 19.0 Å². The van der Waals surface area contributed by atoms with Crippen LogP contribution in [0.5, 0.6) is 0 Å². The van der Waals surface area contributed by atoms with Crippen LogP contribution in [-0.2, 0) is 4.79 Å². The highest BCUT2D eigenvalue weighted by Crippen LogP contribution is 2.30. The number of urea groups is 1. The van der Waals surface area contributed by atoms with Gasteiger partial charge in [-0.1, -0.05) is 0 Å². The highest BCUT2D eigenvalue weighted by Gasteiger charge is 2.58. The molecule has 0 aliphatic rings. The minimum absolute atomic E-state index is 0.104. The fourth-order valence-electron chi connectivity index (χ4n) is 0.910. The van der Waals surface area contributed by atoms with Crippen molar-refractivity contribution in [3.05, 3.63) is 0 Å². The lowest BCUT2D eigenvalue weighted by atomic mass is 10.0. The molecule has 0 saturated heterocycles. The SMILES string of the molecule is CN(C)CCNC(=O)NC(C)(C(=O)O)C(F)(F)F. The number of nitrogens with zero attached hydrogens (tertiary/aromatic N) is 1. The van der Waals surface area contributed by atoms with Crippen molar-refractivity contribution < 1.29 is 27.9 Å². The van der Waals surface area contributed by atoms with Crippen molar-refractivity contribution in [2.75, 3.05) is 27.2 Å². The van der Waals surface area contributed by atoms with Crippen LogP contribution in [0, 0.1) is 0 Å². The molecular weight excluding hydrogens is 255 g/mol. The summed E-state index contributed by atoms with van der Waals surface area (Å²) < 4.78 is 37.6. The van der Waals surface area contributed by atoms with Crippen LogP contribution in [-0.4, -0.2) is 60.9 Å². The van der Waals surface area contributed by atoms with Crippen LogP contribution in [0.3, 0.4) is 0 Å². The Morgan fingerprint density at radius 3 is 2.11 bits per heavy atom. The van der Waals surface area contributed by atoms with Gasteiger partial charge in [0.25, 0.3) is 0 Å². The Morgan fingerprint density at radius 1 is 1.28 bits per heavy atom. The van der Waals surface area contributed by atoms with Gasteiger partial charge in [-0.3, -0.25) is 0 Å². The van der Waals surface area contributed by atoms with Crippen molar-refractivity contribution in [2.45, 2.75) is 18.6 Å². The second-order valence-electron chi connectivity index (χ2n) is 4.11. The van der Waals surface area contributed by atoms with Gasteiger partial charge in [-0.05, 0) is 21.0 Å². The first-order valence-electron chi connectivity index (χ1n) is 5.01. The number of carboxylic acid groups (broad SMARTS) is 1. The molecule has 1 unspecified atom stereocenters. The molecule has 0 heterocycles. The lowest BCUT2D eigenvalue weighted by Gasteiger charge is -2.28. The molecular formula is C9H16F3N3O3. The molecule has 0 aliphatic carbocycles. The molecule has 2 amide bonds. The fourth-order valence-corrected chi connectivity index (χ4v) is 0.910. The molecule has 0 aromatic carbocycles. The number of likely N-dealkylation sites (N-methyl/N-ethyl adjacent to an activating group) is 1. The van der Waals surface area contributed by atoms with Crippen LogP contribution in [0.15, 0.2) is 0 Å². The zero-order valence-electron chi connectivity index (χ0n) is 10.3. The average Bonchev–Trinajstić information content (AvgIpc) is 2.14. The van der Waals surface area contributed by atoms with Gasteiger partial charge in [0.1, 0.15) is 0 Å².